The number of aldehydes is 1. The van der Waals surface area contributed by atoms with E-state index in [4.69, 9.17) is 0 Å². The summed E-state index contributed by atoms with van der Waals surface area (Å²) < 4.78 is 0. The van der Waals surface area contributed by atoms with Crippen LogP contribution in [-0.4, -0.2) is 17.4 Å². The van der Waals surface area contributed by atoms with Gasteiger partial charge in [-0.25, -0.2) is 4.79 Å². The molecule has 0 heterocycles. The van der Waals surface area contributed by atoms with E-state index in [1.165, 1.54) is 0 Å². The van der Waals surface area contributed by atoms with Gasteiger partial charge in [0.15, 0.2) is 0 Å². The van der Waals surface area contributed by atoms with Crippen molar-refractivity contribution in [2.75, 3.05) is 0 Å². The van der Waals surface area contributed by atoms with Gasteiger partial charge in [0.05, 0.1) is 5.56 Å². The molecule has 0 fully saturated rings. The Kier molecular flexibility index (Phi) is 3.57. The molecule has 21 heavy (non-hydrogen) atoms. The lowest BCUT2D eigenvalue weighted by atomic mass is 9.91. The maximum atomic E-state index is 11.4. The van der Waals surface area contributed by atoms with Crippen LogP contribution in [0.5, 0.6) is 0 Å². The van der Waals surface area contributed by atoms with Crippen LogP contribution in [0.25, 0.3) is 0 Å². The Labute approximate surface area is 123 Å². The Hall–Kier alpha value is -2.42. The molecular weight excluding hydrogens is 264 g/mol. The fourth-order valence-corrected chi connectivity index (χ4v) is 2.89. The predicted molar refractivity (Wildman–Crippen MR) is 80.0 cm³/mol. The first-order chi connectivity index (χ1) is 10.2. The molecule has 2 aromatic rings. The zero-order chi connectivity index (χ0) is 14.8. The predicted octanol–water partition coefficient (Wildman–Crippen LogP) is 3.08. The molecule has 3 heteroatoms. The average molecular weight is 280 g/mol. The summed E-state index contributed by atoms with van der Waals surface area (Å²) >= 11 is 0. The van der Waals surface area contributed by atoms with E-state index in [0.717, 1.165) is 46.9 Å². The molecule has 4 bridgehead atoms. The van der Waals surface area contributed by atoms with Crippen molar-refractivity contribution in [2.45, 2.75) is 25.7 Å². The lowest BCUT2D eigenvalue weighted by Gasteiger charge is -2.13. The van der Waals surface area contributed by atoms with E-state index in [-0.39, 0.29) is 0 Å². The van der Waals surface area contributed by atoms with Crippen molar-refractivity contribution in [3.63, 3.8) is 0 Å². The van der Waals surface area contributed by atoms with E-state index in [9.17, 15) is 14.7 Å². The number of benzene rings is 2. The summed E-state index contributed by atoms with van der Waals surface area (Å²) in [4.78, 5) is 22.6. The van der Waals surface area contributed by atoms with Gasteiger partial charge in [-0.2, -0.15) is 0 Å². The highest BCUT2D eigenvalue weighted by atomic mass is 16.4. The van der Waals surface area contributed by atoms with Crippen molar-refractivity contribution >= 4 is 12.3 Å². The molecule has 0 saturated heterocycles. The topological polar surface area (TPSA) is 54.4 Å². The second-order valence-corrected chi connectivity index (χ2v) is 5.45. The van der Waals surface area contributed by atoms with E-state index in [1.807, 2.05) is 24.3 Å². The minimum atomic E-state index is -0.881. The third-order valence-corrected chi connectivity index (χ3v) is 4.11. The van der Waals surface area contributed by atoms with E-state index in [1.54, 1.807) is 6.07 Å². The highest BCUT2D eigenvalue weighted by Gasteiger charge is 2.14. The van der Waals surface area contributed by atoms with Crippen molar-refractivity contribution in [1.29, 1.82) is 0 Å². The maximum Gasteiger partial charge on any atom is 0.335 e. The van der Waals surface area contributed by atoms with E-state index in [2.05, 4.69) is 6.07 Å². The Morgan fingerprint density at radius 2 is 1.52 bits per heavy atom. The average Bonchev–Trinajstić information content (AvgIpc) is 2.49. The lowest BCUT2D eigenvalue weighted by molar-refractivity contribution is 0.0695. The van der Waals surface area contributed by atoms with Crippen molar-refractivity contribution < 1.29 is 14.7 Å². The van der Waals surface area contributed by atoms with Crippen LogP contribution in [0.2, 0.25) is 0 Å². The number of carboxylic acids is 1. The van der Waals surface area contributed by atoms with Crippen LogP contribution in [0.15, 0.2) is 36.4 Å². The third-order valence-electron chi connectivity index (χ3n) is 4.11. The summed E-state index contributed by atoms with van der Waals surface area (Å²) in [7, 11) is 0. The summed E-state index contributed by atoms with van der Waals surface area (Å²) in [5.74, 6) is -0.881. The van der Waals surface area contributed by atoms with Crippen molar-refractivity contribution in [1.82, 2.24) is 0 Å². The summed E-state index contributed by atoms with van der Waals surface area (Å²) in [6, 6.07) is 11.7. The van der Waals surface area contributed by atoms with Gasteiger partial charge in [-0.15, -0.1) is 0 Å². The molecule has 0 spiro atoms. The Morgan fingerprint density at radius 3 is 2.19 bits per heavy atom. The molecule has 6 rings (SSSR count). The van der Waals surface area contributed by atoms with Crippen molar-refractivity contribution in [2.24, 2.45) is 0 Å². The number of aromatic carboxylic acids is 1. The van der Waals surface area contributed by atoms with Crippen LogP contribution in [0, 0.1) is 0 Å². The molecule has 0 amide bonds. The summed E-state index contributed by atoms with van der Waals surface area (Å²) in [5.41, 5.74) is 5.05. The molecule has 2 aromatic carbocycles. The van der Waals surface area contributed by atoms with Gasteiger partial charge in [0.25, 0.3) is 0 Å². The van der Waals surface area contributed by atoms with Gasteiger partial charge in [-0.1, -0.05) is 24.3 Å². The second kappa shape index (κ2) is 5.52. The monoisotopic (exact) mass is 280 g/mol. The molecule has 0 saturated carbocycles. The maximum absolute atomic E-state index is 11.4. The van der Waals surface area contributed by atoms with Gasteiger partial charge in [-0.3, -0.25) is 4.79 Å². The van der Waals surface area contributed by atoms with Gasteiger partial charge in [0.2, 0.25) is 0 Å². The molecule has 0 aliphatic heterocycles. The molecule has 106 valence electrons. The summed E-state index contributed by atoms with van der Waals surface area (Å²) in [6.45, 7) is 0. The Bertz CT molecular complexity index is 716. The molecular formula is C18H16O3. The fraction of sp³-hybridized carbons (Fsp3) is 0.222. The highest BCUT2D eigenvalue weighted by molar-refractivity contribution is 5.89. The van der Waals surface area contributed by atoms with Crippen LogP contribution in [0.1, 0.15) is 43.0 Å². The molecule has 0 unspecified atom stereocenters. The van der Waals surface area contributed by atoms with Gasteiger partial charge in [0.1, 0.15) is 6.29 Å². The Morgan fingerprint density at radius 1 is 0.905 bits per heavy atom. The molecule has 0 radical (unpaired) electrons. The zero-order valence-corrected chi connectivity index (χ0v) is 11.6. The minimum absolute atomic E-state index is 0.384. The molecule has 0 aromatic heterocycles. The SMILES string of the molecule is O=Cc1cc2ccc1CCc1ccc(cc1C(=O)O)CC2. The lowest BCUT2D eigenvalue weighted by Crippen LogP contribution is -2.07. The molecule has 0 atom stereocenters. The Balaban J connectivity index is 2.07. The number of carboxylic acid groups (broad SMARTS) is 1. The van der Waals surface area contributed by atoms with Gasteiger partial charge in [0, 0.05) is 5.56 Å². The molecule has 4 aliphatic carbocycles. The van der Waals surface area contributed by atoms with Gasteiger partial charge >= 0.3 is 5.97 Å². The standard InChI is InChI=1S/C18H16O3/c19-11-16-9-12-1-2-13-4-6-15(17(10-13)18(20)21)8-7-14(16)5-3-12/h3-6,9-11H,1-2,7-8H2,(H,20,21). The van der Waals surface area contributed by atoms with Crippen LogP contribution in [0.3, 0.4) is 0 Å². The first kappa shape index (κ1) is 13.6. The highest BCUT2D eigenvalue weighted by Crippen LogP contribution is 2.21. The number of rotatable bonds is 2. The third kappa shape index (κ3) is 2.72. The molecule has 3 nitrogen and oxygen atoms in total. The fourth-order valence-electron chi connectivity index (χ4n) is 2.89. The molecule has 1 N–H and O–H groups in total. The van der Waals surface area contributed by atoms with Crippen LogP contribution in [0.4, 0.5) is 0 Å². The smallest absolute Gasteiger partial charge is 0.335 e. The largest absolute Gasteiger partial charge is 0.478 e. The number of carbonyl (C=O) groups excluding carboxylic acids is 1. The van der Waals surface area contributed by atoms with Gasteiger partial charge in [-0.05, 0) is 60.1 Å². The van der Waals surface area contributed by atoms with Crippen LogP contribution >= 0.6 is 0 Å². The first-order valence-electron chi connectivity index (χ1n) is 7.09. The van der Waals surface area contributed by atoms with Gasteiger partial charge < -0.3 is 5.11 Å². The summed E-state index contributed by atoms with van der Waals surface area (Å²) in [5, 5.41) is 9.37. The second-order valence-electron chi connectivity index (χ2n) is 5.45. The number of hydrogen-bond acceptors (Lipinski definition) is 2. The zero-order valence-electron chi connectivity index (χ0n) is 11.6. The van der Waals surface area contributed by atoms with Crippen molar-refractivity contribution in [3.05, 3.63) is 69.8 Å². The number of hydrogen-bond donors (Lipinski definition) is 1. The minimum Gasteiger partial charge on any atom is -0.478 e. The summed E-state index contributed by atoms with van der Waals surface area (Å²) in [6.07, 6.45) is 3.78. The van der Waals surface area contributed by atoms with E-state index >= 15 is 0 Å². The number of carbonyl (C=O) groups is 2. The number of aryl methyl sites for hydroxylation is 4. The quantitative estimate of drug-likeness (QED) is 0.860. The van der Waals surface area contributed by atoms with Crippen LogP contribution in [-0.2, 0) is 25.7 Å². The van der Waals surface area contributed by atoms with E-state index in [0.29, 0.717) is 18.4 Å². The van der Waals surface area contributed by atoms with Crippen molar-refractivity contribution in [3.8, 4) is 0 Å². The first-order valence-corrected chi connectivity index (χ1v) is 7.09. The van der Waals surface area contributed by atoms with Crippen LogP contribution < -0.4 is 0 Å². The molecule has 4 aliphatic rings. The normalized spacial score (nSPS) is 13.5. The van der Waals surface area contributed by atoms with E-state index < -0.39 is 5.97 Å².